The summed E-state index contributed by atoms with van der Waals surface area (Å²) in [5, 5.41) is 13.1. The van der Waals surface area contributed by atoms with Gasteiger partial charge in [-0.15, -0.1) is 11.3 Å². The summed E-state index contributed by atoms with van der Waals surface area (Å²) >= 11 is 7.19. The van der Waals surface area contributed by atoms with Gasteiger partial charge in [-0.05, 0) is 0 Å². The molecular weight excluding hydrogens is 252 g/mol. The lowest BCUT2D eigenvalue weighted by atomic mass is 10.3. The van der Waals surface area contributed by atoms with Crippen molar-refractivity contribution in [2.45, 2.75) is 0 Å². The lowest BCUT2D eigenvalue weighted by molar-refractivity contribution is 0.210. The largest absolute Gasteiger partial charge is 0.465 e. The molecule has 0 bridgehead atoms. The van der Waals surface area contributed by atoms with Crippen LogP contribution in [0.1, 0.15) is 0 Å². The Morgan fingerprint density at radius 3 is 2.94 bits per heavy atom. The highest BCUT2D eigenvalue weighted by atomic mass is 35.5. The highest BCUT2D eigenvalue weighted by Crippen LogP contribution is 2.32. The molecule has 16 heavy (non-hydrogen) atoms. The summed E-state index contributed by atoms with van der Waals surface area (Å²) in [7, 11) is 1.57. The number of pyridine rings is 1. The highest BCUT2D eigenvalue weighted by Gasteiger charge is 2.14. The molecule has 2 aromatic rings. The second kappa shape index (κ2) is 3.80. The van der Waals surface area contributed by atoms with Crippen LogP contribution >= 0.6 is 22.9 Å². The number of carboxylic acid groups (broad SMARTS) is 1. The number of hydrogen-bond acceptors (Lipinski definition) is 3. The van der Waals surface area contributed by atoms with Gasteiger partial charge in [-0.25, -0.2) is 4.79 Å². The highest BCUT2D eigenvalue weighted by molar-refractivity contribution is 7.18. The first-order valence-electron chi connectivity index (χ1n) is 4.27. The average Bonchev–Trinajstić information content (AvgIpc) is 2.58. The number of nitrogens with one attached hydrogen (secondary N) is 1. The SMILES string of the molecule is Cn1cc(Cl)c2scc(NC(=O)O)c2c1=O. The van der Waals surface area contributed by atoms with Crippen LogP contribution in [0, 0.1) is 0 Å². The Balaban J connectivity index is 2.79. The van der Waals surface area contributed by atoms with E-state index in [2.05, 4.69) is 5.32 Å². The maximum atomic E-state index is 11.8. The number of rotatable bonds is 1. The minimum absolute atomic E-state index is 0.274. The lowest BCUT2D eigenvalue weighted by Crippen LogP contribution is -2.17. The predicted octanol–water partition coefficient (Wildman–Crippen LogP) is 2.34. The minimum Gasteiger partial charge on any atom is -0.465 e. The van der Waals surface area contributed by atoms with E-state index >= 15 is 0 Å². The fourth-order valence-corrected chi connectivity index (χ4v) is 2.68. The summed E-state index contributed by atoms with van der Waals surface area (Å²) in [6.45, 7) is 0. The average molecular weight is 259 g/mol. The van der Waals surface area contributed by atoms with Crippen LogP contribution in [0.15, 0.2) is 16.4 Å². The summed E-state index contributed by atoms with van der Waals surface area (Å²) in [5.41, 5.74) is 0.000000000000000666. The van der Waals surface area contributed by atoms with Crippen LogP contribution in [-0.4, -0.2) is 15.8 Å². The van der Waals surface area contributed by atoms with Gasteiger partial charge in [-0.2, -0.15) is 0 Å². The molecule has 0 aliphatic carbocycles. The first-order chi connectivity index (χ1) is 7.50. The molecule has 0 spiro atoms. The van der Waals surface area contributed by atoms with Crippen molar-refractivity contribution in [3.8, 4) is 0 Å². The molecule has 2 rings (SSSR count). The standard InChI is InChI=1S/C9H7ClN2O3S/c1-12-2-4(10)7-6(8(12)13)5(3-16-7)11-9(14)15/h2-3,11H,1H3,(H,14,15). The van der Waals surface area contributed by atoms with Gasteiger partial charge in [0.15, 0.2) is 0 Å². The summed E-state index contributed by atoms with van der Waals surface area (Å²) in [6.07, 6.45) is 0.300. The smallest absolute Gasteiger partial charge is 0.409 e. The number of anilines is 1. The van der Waals surface area contributed by atoms with E-state index in [1.807, 2.05) is 0 Å². The van der Waals surface area contributed by atoms with Gasteiger partial charge in [-0.3, -0.25) is 10.1 Å². The summed E-state index contributed by atoms with van der Waals surface area (Å²) < 4.78 is 1.92. The van der Waals surface area contributed by atoms with E-state index < -0.39 is 6.09 Å². The van der Waals surface area contributed by atoms with Gasteiger partial charge >= 0.3 is 6.09 Å². The van der Waals surface area contributed by atoms with Crippen LogP contribution < -0.4 is 10.9 Å². The summed E-state index contributed by atoms with van der Waals surface area (Å²) in [5.74, 6) is 0. The van der Waals surface area contributed by atoms with Gasteiger partial charge in [0.1, 0.15) is 0 Å². The van der Waals surface area contributed by atoms with Crippen molar-refractivity contribution in [2.75, 3.05) is 5.32 Å². The third-order valence-corrected chi connectivity index (χ3v) is 3.50. The van der Waals surface area contributed by atoms with E-state index in [1.165, 1.54) is 22.1 Å². The van der Waals surface area contributed by atoms with Crippen molar-refractivity contribution in [2.24, 2.45) is 7.05 Å². The van der Waals surface area contributed by atoms with Crippen molar-refractivity contribution in [1.29, 1.82) is 0 Å². The van der Waals surface area contributed by atoms with Crippen LogP contribution in [0.5, 0.6) is 0 Å². The van der Waals surface area contributed by atoms with Crippen LogP contribution in [0.25, 0.3) is 10.1 Å². The number of fused-ring (bicyclic) bond motifs is 1. The minimum atomic E-state index is -1.21. The molecule has 2 aromatic heterocycles. The Kier molecular flexibility index (Phi) is 2.61. The second-order valence-corrected chi connectivity index (χ2v) is 4.46. The van der Waals surface area contributed by atoms with Crippen LogP contribution in [0.3, 0.4) is 0 Å². The lowest BCUT2D eigenvalue weighted by Gasteiger charge is -2.02. The molecule has 2 heterocycles. The Hall–Kier alpha value is -1.53. The number of nitrogens with zero attached hydrogens (tertiary/aromatic N) is 1. The van der Waals surface area contributed by atoms with Gasteiger partial charge in [0.2, 0.25) is 0 Å². The quantitative estimate of drug-likeness (QED) is 0.825. The van der Waals surface area contributed by atoms with Crippen molar-refractivity contribution >= 4 is 44.8 Å². The molecule has 0 aliphatic rings. The van der Waals surface area contributed by atoms with Crippen molar-refractivity contribution in [3.63, 3.8) is 0 Å². The third-order valence-electron chi connectivity index (χ3n) is 2.09. The van der Waals surface area contributed by atoms with Crippen LogP contribution in [0.4, 0.5) is 10.5 Å². The Bertz CT molecular complexity index is 631. The molecule has 1 amide bonds. The van der Waals surface area contributed by atoms with Crippen molar-refractivity contribution in [3.05, 3.63) is 27.0 Å². The number of thiophene rings is 1. The van der Waals surface area contributed by atoms with E-state index in [9.17, 15) is 9.59 Å². The molecule has 0 aliphatic heterocycles. The van der Waals surface area contributed by atoms with Crippen molar-refractivity contribution in [1.82, 2.24) is 4.57 Å². The second-order valence-electron chi connectivity index (χ2n) is 3.18. The topological polar surface area (TPSA) is 71.3 Å². The normalized spacial score (nSPS) is 10.6. The zero-order valence-corrected chi connectivity index (χ0v) is 9.72. The number of aryl methyl sites for hydroxylation is 1. The zero-order chi connectivity index (χ0) is 11.9. The van der Waals surface area contributed by atoms with Gasteiger partial charge in [-0.1, -0.05) is 11.6 Å². The first-order valence-corrected chi connectivity index (χ1v) is 5.52. The third kappa shape index (κ3) is 1.66. The number of halogens is 1. The summed E-state index contributed by atoms with van der Waals surface area (Å²) in [6, 6.07) is 0. The molecule has 7 heteroatoms. The molecule has 2 N–H and O–H groups in total. The fourth-order valence-electron chi connectivity index (χ4n) is 1.42. The molecule has 0 fully saturated rings. The Morgan fingerprint density at radius 2 is 2.31 bits per heavy atom. The van der Waals surface area contributed by atoms with E-state index in [0.717, 1.165) is 0 Å². The number of amides is 1. The first kappa shape index (κ1) is 11.0. The monoisotopic (exact) mass is 258 g/mol. The maximum Gasteiger partial charge on any atom is 0.409 e. The predicted molar refractivity (Wildman–Crippen MR) is 63.7 cm³/mol. The molecule has 0 radical (unpaired) electrons. The number of carbonyl (C=O) groups is 1. The van der Waals surface area contributed by atoms with Crippen LogP contribution in [0.2, 0.25) is 5.02 Å². The number of hydrogen-bond donors (Lipinski definition) is 2. The molecule has 0 aromatic carbocycles. The molecule has 0 atom stereocenters. The van der Waals surface area contributed by atoms with E-state index in [1.54, 1.807) is 12.4 Å². The maximum absolute atomic E-state index is 11.8. The Labute approximate surface area is 98.9 Å². The van der Waals surface area contributed by atoms with Gasteiger partial charge in [0, 0.05) is 18.6 Å². The molecular formula is C9H7ClN2O3S. The molecule has 0 saturated carbocycles. The van der Waals surface area contributed by atoms with Gasteiger partial charge in [0.05, 0.1) is 20.8 Å². The fraction of sp³-hybridized carbons (Fsp3) is 0.111. The summed E-state index contributed by atoms with van der Waals surface area (Å²) in [4.78, 5) is 22.4. The van der Waals surface area contributed by atoms with Crippen molar-refractivity contribution < 1.29 is 9.90 Å². The molecule has 0 unspecified atom stereocenters. The zero-order valence-electron chi connectivity index (χ0n) is 8.15. The van der Waals surface area contributed by atoms with Gasteiger partial charge < -0.3 is 9.67 Å². The molecule has 0 saturated heterocycles. The van der Waals surface area contributed by atoms with Crippen LogP contribution in [-0.2, 0) is 7.05 Å². The van der Waals surface area contributed by atoms with Gasteiger partial charge in [0.25, 0.3) is 5.56 Å². The Morgan fingerprint density at radius 1 is 1.62 bits per heavy atom. The van der Waals surface area contributed by atoms with E-state index in [-0.39, 0.29) is 11.2 Å². The van der Waals surface area contributed by atoms with E-state index in [0.29, 0.717) is 15.1 Å². The van der Waals surface area contributed by atoms with E-state index in [4.69, 9.17) is 16.7 Å². The molecule has 5 nitrogen and oxygen atoms in total. The molecule has 84 valence electrons. The number of aromatic nitrogens is 1.